The lowest BCUT2D eigenvalue weighted by Crippen LogP contribution is -2.32. The van der Waals surface area contributed by atoms with Crippen molar-refractivity contribution in [3.05, 3.63) is 0 Å². The first-order valence-corrected chi connectivity index (χ1v) is 6.11. The van der Waals surface area contributed by atoms with Crippen LogP contribution in [0.3, 0.4) is 0 Å². The molecule has 0 atom stereocenters. The second-order valence-corrected chi connectivity index (χ2v) is 3.78. The van der Waals surface area contributed by atoms with E-state index in [4.69, 9.17) is 9.47 Å². The minimum Gasteiger partial charge on any atom is -0.465 e. The number of hydrogen-bond donors (Lipinski definition) is 0. The Hall–Kier alpha value is -0.610. The van der Waals surface area contributed by atoms with Crippen LogP contribution < -0.4 is 0 Å². The molecule has 96 valence electrons. The van der Waals surface area contributed by atoms with E-state index in [0.29, 0.717) is 13.2 Å². The molecule has 0 amide bonds. The monoisotopic (exact) mass is 231 g/mol. The predicted molar refractivity (Wildman–Crippen MR) is 64.5 cm³/mol. The highest BCUT2D eigenvalue weighted by Gasteiger charge is 2.09. The van der Waals surface area contributed by atoms with Crippen molar-refractivity contribution in [3.63, 3.8) is 0 Å². The molecule has 0 aromatic heterocycles. The van der Waals surface area contributed by atoms with Crippen molar-refractivity contribution in [3.8, 4) is 0 Å². The first-order valence-electron chi connectivity index (χ1n) is 6.11. The van der Waals surface area contributed by atoms with Crippen LogP contribution in [0.4, 0.5) is 0 Å². The molecule has 0 aliphatic heterocycles. The lowest BCUT2D eigenvalue weighted by molar-refractivity contribution is -0.144. The normalized spacial score (nSPS) is 10.8. The maximum atomic E-state index is 11.3. The Morgan fingerprint density at radius 3 is 2.50 bits per heavy atom. The molecule has 0 bridgehead atoms. The molecule has 0 spiro atoms. The van der Waals surface area contributed by atoms with E-state index in [1.165, 1.54) is 0 Å². The molecule has 0 saturated heterocycles. The topological polar surface area (TPSA) is 38.8 Å². The van der Waals surface area contributed by atoms with Crippen molar-refractivity contribution in [2.45, 2.75) is 33.1 Å². The number of carbonyl (C=O) groups excluding carboxylic acids is 1. The number of ether oxygens (including phenoxy) is 2. The van der Waals surface area contributed by atoms with Gasteiger partial charge in [-0.1, -0.05) is 6.92 Å². The van der Waals surface area contributed by atoms with Crippen LogP contribution in [0.1, 0.15) is 33.1 Å². The highest BCUT2D eigenvalue weighted by molar-refractivity contribution is 5.71. The fourth-order valence-corrected chi connectivity index (χ4v) is 1.56. The van der Waals surface area contributed by atoms with Crippen LogP contribution in [-0.4, -0.2) is 50.8 Å². The fraction of sp³-hybridized carbons (Fsp3) is 0.917. The lowest BCUT2D eigenvalue weighted by Gasteiger charge is -2.20. The third-order valence-corrected chi connectivity index (χ3v) is 2.27. The molecule has 0 unspecified atom stereocenters. The third-order valence-electron chi connectivity index (χ3n) is 2.27. The van der Waals surface area contributed by atoms with E-state index >= 15 is 0 Å². The quantitative estimate of drug-likeness (QED) is 0.423. The van der Waals surface area contributed by atoms with Gasteiger partial charge in [0.1, 0.15) is 0 Å². The zero-order chi connectivity index (χ0) is 12.2. The molecule has 0 aliphatic carbocycles. The highest BCUT2D eigenvalue weighted by Crippen LogP contribution is 1.98. The molecule has 0 aromatic carbocycles. The van der Waals surface area contributed by atoms with Crippen LogP contribution >= 0.6 is 0 Å². The van der Waals surface area contributed by atoms with Crippen molar-refractivity contribution < 1.29 is 14.3 Å². The van der Waals surface area contributed by atoms with E-state index in [2.05, 4.69) is 11.8 Å². The molecular weight excluding hydrogens is 206 g/mol. The number of nitrogens with zero attached hydrogens (tertiary/aromatic N) is 1. The lowest BCUT2D eigenvalue weighted by atomic mass is 10.3. The highest BCUT2D eigenvalue weighted by atomic mass is 16.5. The van der Waals surface area contributed by atoms with Crippen molar-refractivity contribution in [1.29, 1.82) is 0 Å². The molecule has 0 saturated carbocycles. The molecule has 16 heavy (non-hydrogen) atoms. The summed E-state index contributed by atoms with van der Waals surface area (Å²) in [6.07, 6.45) is 3.16. The average molecular weight is 231 g/mol. The van der Waals surface area contributed by atoms with E-state index < -0.39 is 0 Å². The van der Waals surface area contributed by atoms with Crippen LogP contribution in [0.2, 0.25) is 0 Å². The zero-order valence-corrected chi connectivity index (χ0v) is 10.8. The summed E-state index contributed by atoms with van der Waals surface area (Å²) in [5, 5.41) is 0. The van der Waals surface area contributed by atoms with Crippen molar-refractivity contribution in [1.82, 2.24) is 4.90 Å². The van der Waals surface area contributed by atoms with Gasteiger partial charge in [0.2, 0.25) is 0 Å². The Morgan fingerprint density at radius 1 is 1.19 bits per heavy atom. The van der Waals surface area contributed by atoms with E-state index in [9.17, 15) is 4.79 Å². The number of carbonyl (C=O) groups is 1. The molecule has 0 heterocycles. The maximum Gasteiger partial charge on any atom is 0.320 e. The van der Waals surface area contributed by atoms with Crippen LogP contribution in [0, 0.1) is 0 Å². The van der Waals surface area contributed by atoms with Crippen molar-refractivity contribution in [2.75, 3.05) is 40.0 Å². The van der Waals surface area contributed by atoms with Gasteiger partial charge >= 0.3 is 5.97 Å². The number of esters is 1. The van der Waals surface area contributed by atoms with Gasteiger partial charge in [-0.15, -0.1) is 0 Å². The zero-order valence-electron chi connectivity index (χ0n) is 10.8. The van der Waals surface area contributed by atoms with Gasteiger partial charge in [-0.25, -0.2) is 0 Å². The smallest absolute Gasteiger partial charge is 0.320 e. The first kappa shape index (κ1) is 15.4. The van der Waals surface area contributed by atoms with E-state index in [0.717, 1.165) is 39.0 Å². The average Bonchev–Trinajstić information content (AvgIpc) is 2.25. The Bertz CT molecular complexity index is 174. The predicted octanol–water partition coefficient (Wildman–Crippen LogP) is 1.69. The summed E-state index contributed by atoms with van der Waals surface area (Å²) in [5.41, 5.74) is 0. The molecule has 0 fully saturated rings. The number of unbranched alkanes of at least 4 members (excludes halogenated alkanes) is 1. The first-order chi connectivity index (χ1) is 7.74. The summed E-state index contributed by atoms with van der Waals surface area (Å²) in [5.74, 6) is -0.123. The Morgan fingerprint density at radius 2 is 1.94 bits per heavy atom. The van der Waals surface area contributed by atoms with Gasteiger partial charge in [0.15, 0.2) is 0 Å². The molecule has 0 aromatic rings. The van der Waals surface area contributed by atoms with Crippen molar-refractivity contribution in [2.24, 2.45) is 0 Å². The van der Waals surface area contributed by atoms with Gasteiger partial charge < -0.3 is 9.47 Å². The second-order valence-electron chi connectivity index (χ2n) is 3.78. The van der Waals surface area contributed by atoms with Gasteiger partial charge in [-0.2, -0.15) is 0 Å². The van der Waals surface area contributed by atoms with Crippen LogP contribution in [0.15, 0.2) is 0 Å². The summed E-state index contributed by atoms with van der Waals surface area (Å²) in [7, 11) is 1.71. The Balaban J connectivity index is 3.73. The third kappa shape index (κ3) is 8.68. The molecule has 0 aliphatic rings. The second kappa shape index (κ2) is 10.9. The van der Waals surface area contributed by atoms with Gasteiger partial charge in [0.25, 0.3) is 0 Å². The number of hydrogen-bond acceptors (Lipinski definition) is 4. The van der Waals surface area contributed by atoms with Crippen LogP contribution in [-0.2, 0) is 14.3 Å². The minimum absolute atomic E-state index is 0.123. The van der Waals surface area contributed by atoms with Crippen LogP contribution in [0.5, 0.6) is 0 Å². The number of rotatable bonds is 10. The summed E-state index contributed by atoms with van der Waals surface area (Å²) >= 11 is 0. The molecular formula is C12H25NO3. The molecule has 4 heteroatoms. The van der Waals surface area contributed by atoms with Crippen molar-refractivity contribution >= 4 is 5.97 Å². The number of methoxy groups -OCH3 is 1. The summed E-state index contributed by atoms with van der Waals surface area (Å²) in [6.45, 7) is 7.51. The minimum atomic E-state index is -0.123. The summed E-state index contributed by atoms with van der Waals surface area (Å²) < 4.78 is 9.93. The van der Waals surface area contributed by atoms with Gasteiger partial charge in [-0.3, -0.25) is 9.69 Å². The molecule has 0 radical (unpaired) electrons. The van der Waals surface area contributed by atoms with E-state index in [1.807, 2.05) is 6.92 Å². The van der Waals surface area contributed by atoms with E-state index in [1.54, 1.807) is 7.11 Å². The van der Waals surface area contributed by atoms with Gasteiger partial charge in [0, 0.05) is 13.7 Å². The molecule has 4 nitrogen and oxygen atoms in total. The maximum absolute atomic E-state index is 11.3. The fourth-order valence-electron chi connectivity index (χ4n) is 1.56. The van der Waals surface area contributed by atoms with Gasteiger partial charge in [0.05, 0.1) is 13.2 Å². The standard InChI is InChI=1S/C12H25NO3/c1-4-8-13(9-6-7-10-15-3)11-12(14)16-5-2/h4-11H2,1-3H3. The summed E-state index contributed by atoms with van der Waals surface area (Å²) in [6, 6.07) is 0. The van der Waals surface area contributed by atoms with Crippen LogP contribution in [0.25, 0.3) is 0 Å². The van der Waals surface area contributed by atoms with Gasteiger partial charge in [-0.05, 0) is 39.3 Å². The Labute approximate surface area is 98.9 Å². The molecule has 0 rings (SSSR count). The SMILES string of the molecule is CCCN(CCCCOC)CC(=O)OCC. The Kier molecular flexibility index (Phi) is 10.5. The largest absolute Gasteiger partial charge is 0.465 e. The molecule has 0 N–H and O–H groups in total. The van der Waals surface area contributed by atoms with E-state index in [-0.39, 0.29) is 5.97 Å². The summed E-state index contributed by atoms with van der Waals surface area (Å²) in [4.78, 5) is 13.5.